The van der Waals surface area contributed by atoms with E-state index in [1.165, 1.54) is 12.3 Å². The van der Waals surface area contributed by atoms with E-state index in [1.807, 2.05) is 14.1 Å². The van der Waals surface area contributed by atoms with E-state index < -0.39 is 6.43 Å². The summed E-state index contributed by atoms with van der Waals surface area (Å²) in [5, 5.41) is 0. The summed E-state index contributed by atoms with van der Waals surface area (Å²) in [5.41, 5.74) is -0.0411. The van der Waals surface area contributed by atoms with Gasteiger partial charge in [-0.1, -0.05) is 0 Å². The van der Waals surface area contributed by atoms with Gasteiger partial charge in [0.1, 0.15) is 5.82 Å². The highest BCUT2D eigenvalue weighted by Gasteiger charge is 2.06. The third-order valence-electron chi connectivity index (χ3n) is 1.48. The van der Waals surface area contributed by atoms with Crippen molar-refractivity contribution in [2.45, 2.75) is 6.43 Å². The molecular formula is C8H10F2N2. The molecule has 0 aliphatic heterocycles. The summed E-state index contributed by atoms with van der Waals surface area (Å²) in [5.74, 6) is 0.680. The fourth-order valence-electron chi connectivity index (χ4n) is 0.791. The molecule has 0 amide bonds. The largest absolute Gasteiger partial charge is 0.363 e. The number of anilines is 1. The monoisotopic (exact) mass is 172 g/mol. The molecule has 0 spiro atoms. The van der Waals surface area contributed by atoms with Crippen molar-refractivity contribution >= 4 is 5.82 Å². The van der Waals surface area contributed by atoms with Gasteiger partial charge in [-0.2, -0.15) is 0 Å². The molecule has 0 fully saturated rings. The highest BCUT2D eigenvalue weighted by molar-refractivity contribution is 5.37. The topological polar surface area (TPSA) is 16.1 Å². The molecule has 1 aromatic heterocycles. The van der Waals surface area contributed by atoms with Gasteiger partial charge < -0.3 is 4.90 Å². The second-order valence-corrected chi connectivity index (χ2v) is 2.64. The second-order valence-electron chi connectivity index (χ2n) is 2.64. The lowest BCUT2D eigenvalue weighted by molar-refractivity contribution is 0.151. The van der Waals surface area contributed by atoms with Crippen molar-refractivity contribution in [1.82, 2.24) is 4.98 Å². The fourth-order valence-corrected chi connectivity index (χ4v) is 0.791. The lowest BCUT2D eigenvalue weighted by atomic mass is 10.3. The predicted molar refractivity (Wildman–Crippen MR) is 43.5 cm³/mol. The Kier molecular flexibility index (Phi) is 2.58. The normalized spacial score (nSPS) is 10.4. The maximum Gasteiger partial charge on any atom is 0.265 e. The van der Waals surface area contributed by atoms with E-state index in [2.05, 4.69) is 4.98 Å². The van der Waals surface area contributed by atoms with Crippen LogP contribution in [0.3, 0.4) is 0 Å². The molecule has 0 unspecified atom stereocenters. The van der Waals surface area contributed by atoms with E-state index in [0.29, 0.717) is 5.82 Å². The third kappa shape index (κ3) is 1.90. The Hall–Kier alpha value is -1.19. The zero-order valence-corrected chi connectivity index (χ0v) is 6.96. The minimum atomic E-state index is -2.44. The number of rotatable bonds is 2. The third-order valence-corrected chi connectivity index (χ3v) is 1.48. The minimum Gasteiger partial charge on any atom is -0.363 e. The van der Waals surface area contributed by atoms with Crippen molar-refractivity contribution in [3.63, 3.8) is 0 Å². The number of pyridine rings is 1. The lowest BCUT2D eigenvalue weighted by Gasteiger charge is -2.10. The Bertz CT molecular complexity index is 217. The standard InChI is InChI=1S/C8H10F2N2/c1-12(2)7-4-3-6(5-11-7)8(9)10/h3-5,8H,1-2H3. The first-order valence-corrected chi connectivity index (χ1v) is 3.52. The molecule has 12 heavy (non-hydrogen) atoms. The molecule has 0 aliphatic carbocycles. The lowest BCUT2D eigenvalue weighted by Crippen LogP contribution is -2.10. The number of alkyl halides is 2. The van der Waals surface area contributed by atoms with Crippen LogP contribution >= 0.6 is 0 Å². The molecular weight excluding hydrogens is 162 g/mol. The SMILES string of the molecule is CN(C)c1ccc(C(F)F)cn1. The summed E-state index contributed by atoms with van der Waals surface area (Å²) in [7, 11) is 3.62. The van der Waals surface area contributed by atoms with Crippen molar-refractivity contribution in [1.29, 1.82) is 0 Å². The van der Waals surface area contributed by atoms with Crippen molar-refractivity contribution in [3.8, 4) is 0 Å². The summed E-state index contributed by atoms with van der Waals surface area (Å²) >= 11 is 0. The van der Waals surface area contributed by atoms with Crippen LogP contribution in [0.15, 0.2) is 18.3 Å². The minimum absolute atomic E-state index is 0.0411. The molecule has 0 aliphatic rings. The number of aromatic nitrogens is 1. The maximum atomic E-state index is 12.0. The van der Waals surface area contributed by atoms with Crippen LogP contribution in [0.1, 0.15) is 12.0 Å². The van der Waals surface area contributed by atoms with Crippen LogP contribution in [-0.2, 0) is 0 Å². The summed E-state index contributed by atoms with van der Waals surface area (Å²) in [6.45, 7) is 0. The number of hydrogen-bond donors (Lipinski definition) is 0. The first-order chi connectivity index (χ1) is 5.61. The van der Waals surface area contributed by atoms with Gasteiger partial charge in [0.05, 0.1) is 0 Å². The van der Waals surface area contributed by atoms with Gasteiger partial charge in [0.2, 0.25) is 0 Å². The van der Waals surface area contributed by atoms with Gasteiger partial charge in [-0.25, -0.2) is 13.8 Å². The molecule has 4 heteroatoms. The van der Waals surface area contributed by atoms with Crippen LogP contribution in [0, 0.1) is 0 Å². The van der Waals surface area contributed by atoms with E-state index in [9.17, 15) is 8.78 Å². The van der Waals surface area contributed by atoms with Crippen molar-refractivity contribution in [3.05, 3.63) is 23.9 Å². The van der Waals surface area contributed by atoms with Gasteiger partial charge in [0.25, 0.3) is 6.43 Å². The molecule has 0 bridgehead atoms. The molecule has 0 saturated heterocycles. The smallest absolute Gasteiger partial charge is 0.265 e. The molecule has 0 saturated carbocycles. The molecule has 0 aromatic carbocycles. The van der Waals surface area contributed by atoms with Crippen molar-refractivity contribution in [2.75, 3.05) is 19.0 Å². The van der Waals surface area contributed by atoms with Crippen LogP contribution in [0.4, 0.5) is 14.6 Å². The average Bonchev–Trinajstić information content (AvgIpc) is 2.04. The first kappa shape index (κ1) is 8.90. The van der Waals surface area contributed by atoms with Gasteiger partial charge in [0, 0.05) is 25.9 Å². The molecule has 66 valence electrons. The van der Waals surface area contributed by atoms with E-state index >= 15 is 0 Å². The average molecular weight is 172 g/mol. The second kappa shape index (κ2) is 3.47. The van der Waals surface area contributed by atoms with Crippen molar-refractivity contribution in [2.24, 2.45) is 0 Å². The van der Waals surface area contributed by atoms with E-state index in [0.717, 1.165) is 0 Å². The molecule has 1 heterocycles. The van der Waals surface area contributed by atoms with Gasteiger partial charge >= 0.3 is 0 Å². The van der Waals surface area contributed by atoms with Crippen LogP contribution < -0.4 is 4.90 Å². The van der Waals surface area contributed by atoms with Crippen LogP contribution in [0.25, 0.3) is 0 Å². The van der Waals surface area contributed by atoms with Crippen LogP contribution in [0.5, 0.6) is 0 Å². The Morgan fingerprint density at radius 3 is 2.33 bits per heavy atom. The van der Waals surface area contributed by atoms with Crippen LogP contribution in [0.2, 0.25) is 0 Å². The Morgan fingerprint density at radius 1 is 1.33 bits per heavy atom. The first-order valence-electron chi connectivity index (χ1n) is 3.52. The van der Waals surface area contributed by atoms with E-state index in [-0.39, 0.29) is 5.56 Å². The highest BCUT2D eigenvalue weighted by Crippen LogP contribution is 2.18. The van der Waals surface area contributed by atoms with Gasteiger partial charge in [-0.3, -0.25) is 0 Å². The Balaban J connectivity index is 2.86. The zero-order valence-electron chi connectivity index (χ0n) is 6.96. The van der Waals surface area contributed by atoms with Gasteiger partial charge in [-0.15, -0.1) is 0 Å². The predicted octanol–water partition coefficient (Wildman–Crippen LogP) is 2.09. The molecule has 2 nitrogen and oxygen atoms in total. The fraction of sp³-hybridized carbons (Fsp3) is 0.375. The number of hydrogen-bond acceptors (Lipinski definition) is 2. The maximum absolute atomic E-state index is 12.0. The Labute approximate surface area is 69.8 Å². The molecule has 0 atom stereocenters. The van der Waals surface area contributed by atoms with Crippen molar-refractivity contribution < 1.29 is 8.78 Å². The zero-order chi connectivity index (χ0) is 9.14. The number of halogens is 2. The summed E-state index contributed by atoms with van der Waals surface area (Å²) in [4.78, 5) is 5.60. The molecule has 0 radical (unpaired) electrons. The van der Waals surface area contributed by atoms with E-state index in [4.69, 9.17) is 0 Å². The summed E-state index contributed by atoms with van der Waals surface area (Å²) in [6.07, 6.45) is -1.24. The van der Waals surface area contributed by atoms with E-state index in [1.54, 1.807) is 11.0 Å². The summed E-state index contributed by atoms with van der Waals surface area (Å²) in [6, 6.07) is 2.95. The molecule has 1 rings (SSSR count). The summed E-state index contributed by atoms with van der Waals surface area (Å²) < 4.78 is 24.1. The molecule has 1 aromatic rings. The number of nitrogens with zero attached hydrogens (tertiary/aromatic N) is 2. The Morgan fingerprint density at radius 2 is 2.00 bits per heavy atom. The van der Waals surface area contributed by atoms with Gasteiger partial charge in [-0.05, 0) is 12.1 Å². The van der Waals surface area contributed by atoms with Gasteiger partial charge in [0.15, 0.2) is 0 Å². The van der Waals surface area contributed by atoms with Crippen LogP contribution in [-0.4, -0.2) is 19.1 Å². The quantitative estimate of drug-likeness (QED) is 0.679. The highest BCUT2D eigenvalue weighted by atomic mass is 19.3. The molecule has 0 N–H and O–H groups in total.